The molecule has 0 saturated heterocycles. The molecule has 98 valence electrons. The molecule has 2 rings (SSSR count). The SMILES string of the molecule is Cc1cc(/C=N/Nc2ccc(F)cc2)cc(C)c1O. The number of anilines is 1. The van der Waals surface area contributed by atoms with Crippen molar-refractivity contribution in [2.45, 2.75) is 13.8 Å². The van der Waals surface area contributed by atoms with Crippen LogP contribution in [0.4, 0.5) is 10.1 Å². The van der Waals surface area contributed by atoms with E-state index in [-0.39, 0.29) is 5.82 Å². The zero-order valence-electron chi connectivity index (χ0n) is 10.8. The predicted octanol–water partition coefficient (Wildman–Crippen LogP) is 3.59. The van der Waals surface area contributed by atoms with Gasteiger partial charge in [-0.3, -0.25) is 5.43 Å². The molecule has 0 aromatic heterocycles. The number of aromatic hydroxyl groups is 1. The Hall–Kier alpha value is -2.36. The second kappa shape index (κ2) is 5.52. The highest BCUT2D eigenvalue weighted by Gasteiger charge is 2.01. The number of nitrogens with zero attached hydrogens (tertiary/aromatic N) is 1. The summed E-state index contributed by atoms with van der Waals surface area (Å²) in [4.78, 5) is 0. The molecule has 2 aromatic carbocycles. The van der Waals surface area contributed by atoms with Gasteiger partial charge in [-0.2, -0.15) is 5.10 Å². The van der Waals surface area contributed by atoms with Crippen LogP contribution >= 0.6 is 0 Å². The Labute approximate surface area is 111 Å². The van der Waals surface area contributed by atoms with E-state index in [0.717, 1.165) is 16.7 Å². The summed E-state index contributed by atoms with van der Waals surface area (Å²) in [5.41, 5.74) is 6.04. The fraction of sp³-hybridized carbons (Fsp3) is 0.133. The van der Waals surface area contributed by atoms with Gasteiger partial charge in [0.25, 0.3) is 0 Å². The molecule has 0 fully saturated rings. The van der Waals surface area contributed by atoms with Crippen molar-refractivity contribution < 1.29 is 9.50 Å². The van der Waals surface area contributed by atoms with Crippen LogP contribution in [0.3, 0.4) is 0 Å². The predicted molar refractivity (Wildman–Crippen MR) is 75.2 cm³/mol. The summed E-state index contributed by atoms with van der Waals surface area (Å²) in [5, 5.41) is 13.7. The number of phenolic OH excluding ortho intramolecular Hbond substituents is 1. The van der Waals surface area contributed by atoms with Crippen molar-refractivity contribution >= 4 is 11.9 Å². The molecule has 0 bridgehead atoms. The number of hydrogen-bond acceptors (Lipinski definition) is 3. The Morgan fingerprint density at radius 2 is 1.68 bits per heavy atom. The number of benzene rings is 2. The molecule has 19 heavy (non-hydrogen) atoms. The molecule has 4 heteroatoms. The molecule has 3 nitrogen and oxygen atoms in total. The maximum absolute atomic E-state index is 12.7. The summed E-state index contributed by atoms with van der Waals surface area (Å²) in [5.74, 6) is 0.0305. The third-order valence-electron chi connectivity index (χ3n) is 2.76. The number of nitrogens with one attached hydrogen (secondary N) is 1. The highest BCUT2D eigenvalue weighted by atomic mass is 19.1. The minimum absolute atomic E-state index is 0.278. The molecule has 0 aliphatic heterocycles. The zero-order valence-corrected chi connectivity index (χ0v) is 10.8. The van der Waals surface area contributed by atoms with E-state index in [0.29, 0.717) is 11.4 Å². The zero-order chi connectivity index (χ0) is 13.8. The van der Waals surface area contributed by atoms with Crippen molar-refractivity contribution in [2.75, 3.05) is 5.43 Å². The van der Waals surface area contributed by atoms with E-state index in [9.17, 15) is 9.50 Å². The van der Waals surface area contributed by atoms with Crippen molar-refractivity contribution in [1.82, 2.24) is 0 Å². The van der Waals surface area contributed by atoms with Crippen LogP contribution in [-0.2, 0) is 0 Å². The molecule has 0 saturated carbocycles. The largest absolute Gasteiger partial charge is 0.507 e. The molecule has 2 aromatic rings. The minimum atomic E-state index is -0.278. The third kappa shape index (κ3) is 3.31. The Balaban J connectivity index is 2.09. The molecule has 0 aliphatic carbocycles. The lowest BCUT2D eigenvalue weighted by Gasteiger charge is -2.04. The Morgan fingerprint density at radius 3 is 2.26 bits per heavy atom. The van der Waals surface area contributed by atoms with Crippen LogP contribution in [0.25, 0.3) is 0 Å². The summed E-state index contributed by atoms with van der Waals surface area (Å²) >= 11 is 0. The number of phenols is 1. The van der Waals surface area contributed by atoms with Gasteiger partial charge in [0, 0.05) is 0 Å². The molecule has 0 spiro atoms. The molecule has 0 aliphatic rings. The van der Waals surface area contributed by atoms with Crippen molar-refractivity contribution in [2.24, 2.45) is 5.10 Å². The van der Waals surface area contributed by atoms with Crippen LogP contribution in [0.15, 0.2) is 41.5 Å². The summed E-state index contributed by atoms with van der Waals surface area (Å²) in [7, 11) is 0. The Kier molecular flexibility index (Phi) is 3.80. The molecule has 0 atom stereocenters. The van der Waals surface area contributed by atoms with E-state index in [1.807, 2.05) is 26.0 Å². The molecule has 0 radical (unpaired) electrons. The van der Waals surface area contributed by atoms with Gasteiger partial charge < -0.3 is 5.11 Å². The molecule has 0 amide bonds. The van der Waals surface area contributed by atoms with Crippen molar-refractivity contribution in [1.29, 1.82) is 0 Å². The second-order valence-electron chi connectivity index (χ2n) is 4.38. The first-order valence-electron chi connectivity index (χ1n) is 5.91. The van der Waals surface area contributed by atoms with Gasteiger partial charge in [0.2, 0.25) is 0 Å². The number of halogens is 1. The van der Waals surface area contributed by atoms with Gasteiger partial charge in [-0.05, 0) is 66.9 Å². The summed E-state index contributed by atoms with van der Waals surface area (Å²) < 4.78 is 12.7. The van der Waals surface area contributed by atoms with E-state index < -0.39 is 0 Å². The van der Waals surface area contributed by atoms with E-state index in [2.05, 4.69) is 10.5 Å². The topological polar surface area (TPSA) is 44.6 Å². The highest BCUT2D eigenvalue weighted by molar-refractivity contribution is 5.81. The van der Waals surface area contributed by atoms with Gasteiger partial charge in [0.15, 0.2) is 0 Å². The van der Waals surface area contributed by atoms with Gasteiger partial charge in [-0.1, -0.05) is 0 Å². The van der Waals surface area contributed by atoms with Crippen LogP contribution in [0.1, 0.15) is 16.7 Å². The standard InChI is InChI=1S/C15H15FN2O/c1-10-7-12(8-11(2)15(10)19)9-17-18-14-5-3-13(16)4-6-14/h3-9,18-19H,1-2H3/b17-9+. The summed E-state index contributed by atoms with van der Waals surface area (Å²) in [6.07, 6.45) is 1.66. The first-order chi connectivity index (χ1) is 9.06. The highest BCUT2D eigenvalue weighted by Crippen LogP contribution is 2.22. The number of hydrazone groups is 1. The van der Waals surface area contributed by atoms with Crippen molar-refractivity contribution in [3.05, 3.63) is 58.9 Å². The first kappa shape index (κ1) is 13.1. The number of rotatable bonds is 3. The van der Waals surface area contributed by atoms with E-state index in [1.165, 1.54) is 12.1 Å². The van der Waals surface area contributed by atoms with Crippen LogP contribution in [0.5, 0.6) is 5.75 Å². The minimum Gasteiger partial charge on any atom is -0.507 e. The van der Waals surface area contributed by atoms with E-state index in [4.69, 9.17) is 0 Å². The average molecular weight is 258 g/mol. The fourth-order valence-corrected chi connectivity index (χ4v) is 1.77. The quantitative estimate of drug-likeness (QED) is 0.652. The van der Waals surface area contributed by atoms with Crippen molar-refractivity contribution in [3.63, 3.8) is 0 Å². The third-order valence-corrected chi connectivity index (χ3v) is 2.76. The lowest BCUT2D eigenvalue weighted by molar-refractivity contribution is 0.467. The van der Waals surface area contributed by atoms with Gasteiger partial charge in [0.05, 0.1) is 11.9 Å². The van der Waals surface area contributed by atoms with Gasteiger partial charge in [-0.15, -0.1) is 0 Å². The molecule has 0 heterocycles. The second-order valence-corrected chi connectivity index (χ2v) is 4.38. The number of hydrogen-bond donors (Lipinski definition) is 2. The van der Waals surface area contributed by atoms with Crippen molar-refractivity contribution in [3.8, 4) is 5.75 Å². The maximum Gasteiger partial charge on any atom is 0.123 e. The molecular formula is C15H15FN2O. The smallest absolute Gasteiger partial charge is 0.123 e. The molecule has 0 unspecified atom stereocenters. The summed E-state index contributed by atoms with van der Waals surface area (Å²) in [6.45, 7) is 3.68. The maximum atomic E-state index is 12.7. The first-order valence-corrected chi connectivity index (χ1v) is 5.91. The lowest BCUT2D eigenvalue weighted by atomic mass is 10.1. The molecular weight excluding hydrogens is 243 g/mol. The Bertz CT molecular complexity index is 583. The fourth-order valence-electron chi connectivity index (χ4n) is 1.77. The van der Waals surface area contributed by atoms with Gasteiger partial charge in [-0.25, -0.2) is 4.39 Å². The van der Waals surface area contributed by atoms with Gasteiger partial charge >= 0.3 is 0 Å². The monoisotopic (exact) mass is 258 g/mol. The van der Waals surface area contributed by atoms with Crippen LogP contribution in [0.2, 0.25) is 0 Å². The average Bonchev–Trinajstić information content (AvgIpc) is 2.38. The van der Waals surface area contributed by atoms with Crippen LogP contribution in [-0.4, -0.2) is 11.3 Å². The molecule has 2 N–H and O–H groups in total. The van der Waals surface area contributed by atoms with Crippen LogP contribution in [0, 0.1) is 19.7 Å². The Morgan fingerprint density at radius 1 is 1.11 bits per heavy atom. The summed E-state index contributed by atoms with van der Waals surface area (Å²) in [6, 6.07) is 9.65. The van der Waals surface area contributed by atoms with Gasteiger partial charge in [0.1, 0.15) is 11.6 Å². The van der Waals surface area contributed by atoms with E-state index in [1.54, 1.807) is 18.3 Å². The number of aryl methyl sites for hydroxylation is 2. The van der Waals surface area contributed by atoms with Crippen LogP contribution < -0.4 is 5.43 Å². The lowest BCUT2D eigenvalue weighted by Crippen LogP contribution is -1.92. The van der Waals surface area contributed by atoms with E-state index >= 15 is 0 Å². The normalized spacial score (nSPS) is 10.9.